The van der Waals surface area contributed by atoms with Gasteiger partial charge in [-0.1, -0.05) is 18.2 Å². The minimum absolute atomic E-state index is 0.0652. The Morgan fingerprint density at radius 1 is 1.06 bits per heavy atom. The van der Waals surface area contributed by atoms with Gasteiger partial charge in [-0.15, -0.1) is 0 Å². The molecule has 0 spiro atoms. The maximum atomic E-state index is 12.4. The molecule has 31 heavy (non-hydrogen) atoms. The lowest BCUT2D eigenvalue weighted by atomic mass is 10.1. The van der Waals surface area contributed by atoms with Crippen LogP contribution >= 0.6 is 0 Å². The Balaban J connectivity index is 1.27. The zero-order valence-corrected chi connectivity index (χ0v) is 17.2. The first-order valence-corrected chi connectivity index (χ1v) is 10.2. The van der Waals surface area contributed by atoms with Crippen molar-refractivity contribution in [1.82, 2.24) is 10.2 Å². The molecule has 8 nitrogen and oxygen atoms in total. The topological polar surface area (TPSA) is 96.0 Å². The molecule has 0 bridgehead atoms. The number of nitrogens with zero attached hydrogens (tertiary/aromatic N) is 2. The quantitative estimate of drug-likeness (QED) is 0.690. The lowest BCUT2D eigenvalue weighted by molar-refractivity contribution is -0.121. The van der Waals surface area contributed by atoms with E-state index in [1.807, 2.05) is 12.1 Å². The predicted octanol–water partition coefficient (Wildman–Crippen LogP) is 1.99. The highest BCUT2D eigenvalue weighted by Crippen LogP contribution is 2.26. The molecule has 0 aromatic heterocycles. The molecule has 0 aliphatic carbocycles. The summed E-state index contributed by atoms with van der Waals surface area (Å²) in [4.78, 5) is 52.3. The summed E-state index contributed by atoms with van der Waals surface area (Å²) in [7, 11) is 1.57. The summed E-state index contributed by atoms with van der Waals surface area (Å²) in [5.74, 6) is -0.259. The van der Waals surface area contributed by atoms with Crippen LogP contribution in [0.3, 0.4) is 0 Å². The molecule has 2 aromatic carbocycles. The third-order valence-electron chi connectivity index (χ3n) is 5.52. The number of amides is 4. The van der Waals surface area contributed by atoms with Gasteiger partial charge in [0.1, 0.15) is 5.75 Å². The second-order valence-corrected chi connectivity index (χ2v) is 7.59. The highest BCUT2D eigenvalue weighted by atomic mass is 16.5. The Hall–Kier alpha value is -3.68. The highest BCUT2D eigenvalue weighted by molar-refractivity contribution is 6.21. The summed E-state index contributed by atoms with van der Waals surface area (Å²) in [5.41, 5.74) is 1.53. The van der Waals surface area contributed by atoms with Crippen molar-refractivity contribution >= 4 is 29.3 Å². The number of hydrogen-bond donors (Lipinski definition) is 1. The standard InChI is InChI=1S/C23H23N3O5/c1-31-17-7-4-6-16(13-17)26-14-15(12-21(26)28)24-20(27)10-5-11-25-22(29)18-8-2-3-9-19(18)23(25)30/h2-4,6-9,13,15H,5,10-12,14H2,1H3,(H,24,27)/t15-/m0/s1. The normalized spacial score (nSPS) is 17.8. The molecule has 160 valence electrons. The molecule has 4 amide bonds. The summed E-state index contributed by atoms with van der Waals surface area (Å²) >= 11 is 0. The molecule has 2 aliphatic heterocycles. The number of benzene rings is 2. The molecule has 1 N–H and O–H groups in total. The van der Waals surface area contributed by atoms with Crippen LogP contribution in [0.15, 0.2) is 48.5 Å². The third kappa shape index (κ3) is 4.14. The number of nitrogens with one attached hydrogen (secondary N) is 1. The largest absolute Gasteiger partial charge is 0.497 e. The fourth-order valence-electron chi connectivity index (χ4n) is 3.97. The third-order valence-corrected chi connectivity index (χ3v) is 5.52. The van der Waals surface area contributed by atoms with Crippen molar-refractivity contribution in [2.75, 3.05) is 25.1 Å². The van der Waals surface area contributed by atoms with Crippen LogP contribution in [0.4, 0.5) is 5.69 Å². The molecule has 1 fully saturated rings. The number of anilines is 1. The molecular weight excluding hydrogens is 398 g/mol. The lowest BCUT2D eigenvalue weighted by Gasteiger charge is -2.18. The van der Waals surface area contributed by atoms with Crippen LogP contribution in [0.2, 0.25) is 0 Å². The van der Waals surface area contributed by atoms with Crippen LogP contribution in [0, 0.1) is 0 Å². The van der Waals surface area contributed by atoms with Crippen molar-refractivity contribution in [1.29, 1.82) is 0 Å². The zero-order chi connectivity index (χ0) is 22.0. The second-order valence-electron chi connectivity index (χ2n) is 7.59. The van der Waals surface area contributed by atoms with Crippen molar-refractivity contribution in [3.05, 3.63) is 59.7 Å². The number of rotatable bonds is 7. The number of carbonyl (C=O) groups excluding carboxylic acids is 4. The Kier molecular flexibility index (Phi) is 5.70. The molecule has 0 saturated carbocycles. The number of hydrogen-bond acceptors (Lipinski definition) is 5. The van der Waals surface area contributed by atoms with Crippen molar-refractivity contribution in [2.24, 2.45) is 0 Å². The summed E-state index contributed by atoms with van der Waals surface area (Å²) < 4.78 is 5.20. The summed E-state index contributed by atoms with van der Waals surface area (Å²) in [5, 5.41) is 2.88. The summed E-state index contributed by atoms with van der Waals surface area (Å²) in [6.07, 6.45) is 0.746. The zero-order valence-electron chi connectivity index (χ0n) is 17.2. The Bertz CT molecular complexity index is 1020. The Labute approximate surface area is 179 Å². The van der Waals surface area contributed by atoms with Gasteiger partial charge >= 0.3 is 0 Å². The van der Waals surface area contributed by atoms with Crippen molar-refractivity contribution in [3.8, 4) is 5.75 Å². The number of fused-ring (bicyclic) bond motifs is 1. The predicted molar refractivity (Wildman–Crippen MR) is 113 cm³/mol. The van der Waals surface area contributed by atoms with Gasteiger partial charge in [-0.2, -0.15) is 0 Å². The first-order chi connectivity index (χ1) is 15.0. The first kappa shape index (κ1) is 20.6. The van der Waals surface area contributed by atoms with E-state index >= 15 is 0 Å². The van der Waals surface area contributed by atoms with E-state index in [-0.39, 0.29) is 49.1 Å². The van der Waals surface area contributed by atoms with E-state index in [1.54, 1.807) is 48.4 Å². The van der Waals surface area contributed by atoms with Gasteiger partial charge in [-0.3, -0.25) is 24.1 Å². The van der Waals surface area contributed by atoms with Gasteiger partial charge in [0.05, 0.1) is 24.3 Å². The maximum Gasteiger partial charge on any atom is 0.261 e. The van der Waals surface area contributed by atoms with E-state index in [1.165, 1.54) is 4.90 Å². The highest BCUT2D eigenvalue weighted by Gasteiger charge is 2.35. The van der Waals surface area contributed by atoms with Crippen molar-refractivity contribution in [2.45, 2.75) is 25.3 Å². The van der Waals surface area contributed by atoms with E-state index in [4.69, 9.17) is 4.74 Å². The Morgan fingerprint density at radius 2 is 1.77 bits per heavy atom. The van der Waals surface area contributed by atoms with Gasteiger partial charge in [0, 0.05) is 37.7 Å². The van der Waals surface area contributed by atoms with Crippen LogP contribution in [-0.2, 0) is 9.59 Å². The molecule has 1 saturated heterocycles. The molecular formula is C23H23N3O5. The first-order valence-electron chi connectivity index (χ1n) is 10.2. The molecule has 1 atom stereocenters. The number of imide groups is 1. The fourth-order valence-corrected chi connectivity index (χ4v) is 3.97. The van der Waals surface area contributed by atoms with Gasteiger partial charge < -0.3 is 15.0 Å². The lowest BCUT2D eigenvalue weighted by Crippen LogP contribution is -2.37. The van der Waals surface area contributed by atoms with Crippen molar-refractivity contribution < 1.29 is 23.9 Å². The molecule has 2 heterocycles. The average molecular weight is 421 g/mol. The fraction of sp³-hybridized carbons (Fsp3) is 0.304. The second kappa shape index (κ2) is 8.59. The van der Waals surface area contributed by atoms with Crippen LogP contribution in [-0.4, -0.2) is 54.8 Å². The number of ether oxygens (including phenoxy) is 1. The average Bonchev–Trinajstić information content (AvgIpc) is 3.26. The maximum absolute atomic E-state index is 12.4. The molecule has 2 aliphatic rings. The van der Waals surface area contributed by atoms with E-state index in [9.17, 15) is 19.2 Å². The van der Waals surface area contributed by atoms with Gasteiger partial charge in [0.25, 0.3) is 11.8 Å². The van der Waals surface area contributed by atoms with Gasteiger partial charge in [0.15, 0.2) is 0 Å². The van der Waals surface area contributed by atoms with Crippen LogP contribution in [0.25, 0.3) is 0 Å². The Morgan fingerprint density at radius 3 is 2.45 bits per heavy atom. The van der Waals surface area contributed by atoms with Gasteiger partial charge in [-0.05, 0) is 30.7 Å². The molecule has 4 rings (SSSR count). The van der Waals surface area contributed by atoms with Crippen LogP contribution in [0.5, 0.6) is 5.75 Å². The minimum atomic E-state index is -0.323. The summed E-state index contributed by atoms with van der Waals surface area (Å²) in [6, 6.07) is 13.6. The number of carbonyl (C=O) groups is 4. The smallest absolute Gasteiger partial charge is 0.261 e. The van der Waals surface area contributed by atoms with E-state index in [2.05, 4.69) is 5.32 Å². The minimum Gasteiger partial charge on any atom is -0.497 e. The summed E-state index contributed by atoms with van der Waals surface area (Å²) in [6.45, 7) is 0.565. The van der Waals surface area contributed by atoms with Gasteiger partial charge in [-0.25, -0.2) is 0 Å². The number of methoxy groups -OCH3 is 1. The van der Waals surface area contributed by atoms with Crippen LogP contribution < -0.4 is 15.0 Å². The van der Waals surface area contributed by atoms with Crippen LogP contribution in [0.1, 0.15) is 40.0 Å². The molecule has 2 aromatic rings. The SMILES string of the molecule is COc1cccc(N2C[C@@H](NC(=O)CCCN3C(=O)c4ccccc4C3=O)CC2=O)c1. The monoisotopic (exact) mass is 421 g/mol. The van der Waals surface area contributed by atoms with E-state index in [0.717, 1.165) is 5.69 Å². The molecule has 8 heteroatoms. The van der Waals surface area contributed by atoms with Crippen molar-refractivity contribution in [3.63, 3.8) is 0 Å². The molecule has 0 unspecified atom stereocenters. The van der Waals surface area contributed by atoms with E-state index < -0.39 is 0 Å². The van der Waals surface area contributed by atoms with E-state index in [0.29, 0.717) is 29.8 Å². The molecule has 0 radical (unpaired) electrons. The van der Waals surface area contributed by atoms with Gasteiger partial charge in [0.2, 0.25) is 11.8 Å².